The van der Waals surface area contributed by atoms with E-state index >= 15 is 0 Å². The molecule has 0 saturated heterocycles. The molecular formula is C29H23NO4. The van der Waals surface area contributed by atoms with Crippen molar-refractivity contribution in [2.45, 2.75) is 0 Å². The van der Waals surface area contributed by atoms with Crippen LogP contribution in [0.15, 0.2) is 108 Å². The smallest absolute Gasteiger partial charge is 0.337 e. The first-order valence-corrected chi connectivity index (χ1v) is 10.8. The van der Waals surface area contributed by atoms with Crippen LogP contribution in [0.5, 0.6) is 5.75 Å². The molecule has 5 nitrogen and oxygen atoms in total. The van der Waals surface area contributed by atoms with E-state index in [-0.39, 0.29) is 18.4 Å². The fourth-order valence-corrected chi connectivity index (χ4v) is 3.31. The third-order valence-corrected chi connectivity index (χ3v) is 5.22. The van der Waals surface area contributed by atoms with Gasteiger partial charge in [0.25, 0.3) is 0 Å². The average molecular weight is 450 g/mol. The molecule has 0 bridgehead atoms. The first kappa shape index (κ1) is 22.7. The van der Waals surface area contributed by atoms with Crippen LogP contribution < -0.4 is 4.74 Å². The van der Waals surface area contributed by atoms with Gasteiger partial charge in [0.2, 0.25) is 0 Å². The molecule has 0 fully saturated rings. The number of ketones is 1. The van der Waals surface area contributed by atoms with Crippen LogP contribution >= 0.6 is 0 Å². The van der Waals surface area contributed by atoms with E-state index in [0.717, 1.165) is 22.4 Å². The van der Waals surface area contributed by atoms with Gasteiger partial charge in [-0.25, -0.2) is 4.79 Å². The number of carbonyl (C=O) groups excluding carboxylic acids is 2. The van der Waals surface area contributed by atoms with Gasteiger partial charge in [0, 0.05) is 11.8 Å². The zero-order chi connectivity index (χ0) is 23.8. The molecular weight excluding hydrogens is 426 g/mol. The molecule has 0 aliphatic heterocycles. The Bertz CT molecular complexity index is 1280. The van der Waals surface area contributed by atoms with Gasteiger partial charge in [0.05, 0.1) is 18.4 Å². The van der Waals surface area contributed by atoms with E-state index in [1.54, 1.807) is 42.6 Å². The summed E-state index contributed by atoms with van der Waals surface area (Å²) in [5.41, 5.74) is 4.87. The van der Waals surface area contributed by atoms with E-state index < -0.39 is 0 Å². The Balaban J connectivity index is 1.31. The Morgan fingerprint density at radius 2 is 1.35 bits per heavy atom. The van der Waals surface area contributed by atoms with Gasteiger partial charge in [-0.2, -0.15) is 0 Å². The number of carbonyl (C=O) groups is 2. The zero-order valence-corrected chi connectivity index (χ0v) is 18.7. The quantitative estimate of drug-likeness (QED) is 0.184. The number of hydrogen-bond acceptors (Lipinski definition) is 5. The normalized spacial score (nSPS) is 10.7. The van der Waals surface area contributed by atoms with Crippen LogP contribution in [-0.4, -0.2) is 31.7 Å². The van der Waals surface area contributed by atoms with Crippen molar-refractivity contribution >= 4 is 23.7 Å². The highest BCUT2D eigenvalue weighted by atomic mass is 16.5. The minimum Gasteiger partial charge on any atom is -0.485 e. The van der Waals surface area contributed by atoms with Gasteiger partial charge < -0.3 is 9.47 Å². The van der Waals surface area contributed by atoms with Crippen LogP contribution in [0.25, 0.3) is 11.1 Å². The van der Waals surface area contributed by atoms with E-state index in [9.17, 15) is 9.59 Å². The summed E-state index contributed by atoms with van der Waals surface area (Å²) in [6.07, 6.45) is 1.72. The number of Topliss-reactive ketones (excluding diaryl/α,β-unsaturated/α-hetero) is 1. The summed E-state index contributed by atoms with van der Waals surface area (Å²) < 4.78 is 10.4. The van der Waals surface area contributed by atoms with Crippen molar-refractivity contribution in [2.75, 3.05) is 13.7 Å². The van der Waals surface area contributed by atoms with Crippen LogP contribution in [0.3, 0.4) is 0 Å². The molecule has 0 aliphatic carbocycles. The second-order valence-electron chi connectivity index (χ2n) is 7.52. The number of rotatable bonds is 8. The van der Waals surface area contributed by atoms with Crippen LogP contribution in [0.1, 0.15) is 26.3 Å². The van der Waals surface area contributed by atoms with E-state index in [0.29, 0.717) is 16.9 Å². The van der Waals surface area contributed by atoms with Crippen LogP contribution in [0, 0.1) is 0 Å². The van der Waals surface area contributed by atoms with Gasteiger partial charge in [-0.3, -0.25) is 9.79 Å². The molecule has 0 N–H and O–H groups in total. The minimum absolute atomic E-state index is 0.0370. The average Bonchev–Trinajstić information content (AvgIpc) is 2.91. The predicted octanol–water partition coefficient (Wildman–Crippen LogP) is 6.15. The maximum absolute atomic E-state index is 12.5. The summed E-state index contributed by atoms with van der Waals surface area (Å²) in [6, 6.07) is 31.7. The second kappa shape index (κ2) is 10.9. The Hall–Kier alpha value is -4.51. The molecule has 4 rings (SSSR count). The molecule has 0 aromatic heterocycles. The zero-order valence-electron chi connectivity index (χ0n) is 18.7. The minimum atomic E-state index is -0.381. The Kier molecular flexibility index (Phi) is 7.25. The number of ether oxygens (including phenoxy) is 2. The van der Waals surface area contributed by atoms with Crippen molar-refractivity contribution in [1.82, 2.24) is 0 Å². The van der Waals surface area contributed by atoms with Crippen molar-refractivity contribution in [3.8, 4) is 16.9 Å². The standard InChI is InChI=1S/C29H23NO4/c1-33-29(32)25-13-15-26(16-14-25)30-19-21-7-17-27(18-8-21)34-20-28(31)24-11-9-23(10-12-24)22-5-3-2-4-6-22/h2-19H,20H2,1H3. The van der Waals surface area contributed by atoms with E-state index in [4.69, 9.17) is 4.74 Å². The lowest BCUT2D eigenvalue weighted by Crippen LogP contribution is -2.11. The van der Waals surface area contributed by atoms with Gasteiger partial charge in [0.15, 0.2) is 12.4 Å². The third kappa shape index (κ3) is 5.84. The molecule has 0 radical (unpaired) electrons. The SMILES string of the molecule is COC(=O)c1ccc(N=Cc2ccc(OCC(=O)c3ccc(-c4ccccc4)cc3)cc2)cc1. The molecule has 4 aromatic carbocycles. The highest BCUT2D eigenvalue weighted by Crippen LogP contribution is 2.20. The number of nitrogens with zero attached hydrogens (tertiary/aromatic N) is 1. The van der Waals surface area contributed by atoms with Crippen molar-refractivity contribution in [3.63, 3.8) is 0 Å². The second-order valence-corrected chi connectivity index (χ2v) is 7.52. The summed E-state index contributed by atoms with van der Waals surface area (Å²) in [5, 5.41) is 0. The lowest BCUT2D eigenvalue weighted by Gasteiger charge is -2.07. The molecule has 0 saturated carbocycles. The molecule has 0 amide bonds. The number of esters is 1. The van der Waals surface area contributed by atoms with Crippen LogP contribution in [-0.2, 0) is 4.74 Å². The lowest BCUT2D eigenvalue weighted by atomic mass is 10.0. The Labute approximate surface area is 198 Å². The molecule has 34 heavy (non-hydrogen) atoms. The van der Waals surface area contributed by atoms with Crippen LogP contribution in [0.4, 0.5) is 5.69 Å². The van der Waals surface area contributed by atoms with Gasteiger partial charge in [-0.05, 0) is 65.2 Å². The highest BCUT2D eigenvalue weighted by molar-refractivity contribution is 5.97. The lowest BCUT2D eigenvalue weighted by molar-refractivity contribution is 0.0600. The molecule has 168 valence electrons. The van der Waals surface area contributed by atoms with Crippen molar-refractivity contribution in [1.29, 1.82) is 0 Å². The number of benzene rings is 4. The summed E-state index contributed by atoms with van der Waals surface area (Å²) >= 11 is 0. The summed E-state index contributed by atoms with van der Waals surface area (Å²) in [7, 11) is 1.35. The topological polar surface area (TPSA) is 65.0 Å². The number of aliphatic imine (C=N–C) groups is 1. The molecule has 0 atom stereocenters. The Morgan fingerprint density at radius 3 is 2.00 bits per heavy atom. The van der Waals surface area contributed by atoms with Gasteiger partial charge in [-0.15, -0.1) is 0 Å². The van der Waals surface area contributed by atoms with Crippen molar-refractivity contribution in [2.24, 2.45) is 4.99 Å². The number of hydrogen-bond donors (Lipinski definition) is 0. The first-order chi connectivity index (χ1) is 16.6. The molecule has 4 aromatic rings. The van der Waals surface area contributed by atoms with E-state index in [1.807, 2.05) is 66.7 Å². The number of methoxy groups -OCH3 is 1. The van der Waals surface area contributed by atoms with Gasteiger partial charge >= 0.3 is 5.97 Å². The van der Waals surface area contributed by atoms with E-state index in [1.165, 1.54) is 7.11 Å². The first-order valence-electron chi connectivity index (χ1n) is 10.8. The summed E-state index contributed by atoms with van der Waals surface area (Å²) in [5.74, 6) is 0.142. The summed E-state index contributed by atoms with van der Waals surface area (Å²) in [4.78, 5) is 28.4. The van der Waals surface area contributed by atoms with E-state index in [2.05, 4.69) is 9.73 Å². The molecule has 0 unspecified atom stereocenters. The fourth-order valence-electron chi connectivity index (χ4n) is 3.31. The summed E-state index contributed by atoms with van der Waals surface area (Å²) in [6.45, 7) is -0.0370. The largest absolute Gasteiger partial charge is 0.485 e. The predicted molar refractivity (Wildman–Crippen MR) is 133 cm³/mol. The molecule has 5 heteroatoms. The van der Waals surface area contributed by atoms with Crippen LogP contribution in [0.2, 0.25) is 0 Å². The Morgan fingerprint density at radius 1 is 0.735 bits per heavy atom. The van der Waals surface area contributed by atoms with Crippen molar-refractivity contribution in [3.05, 3.63) is 120 Å². The van der Waals surface area contributed by atoms with Gasteiger partial charge in [-0.1, -0.05) is 54.6 Å². The molecule has 0 aliphatic rings. The third-order valence-electron chi connectivity index (χ3n) is 5.22. The van der Waals surface area contributed by atoms with Gasteiger partial charge in [0.1, 0.15) is 5.75 Å². The fraction of sp³-hybridized carbons (Fsp3) is 0.0690. The highest BCUT2D eigenvalue weighted by Gasteiger charge is 2.08. The maximum Gasteiger partial charge on any atom is 0.337 e. The molecule has 0 heterocycles. The monoisotopic (exact) mass is 449 g/mol. The molecule has 0 spiro atoms. The maximum atomic E-state index is 12.5. The van der Waals surface area contributed by atoms with Crippen molar-refractivity contribution < 1.29 is 19.1 Å².